The lowest BCUT2D eigenvalue weighted by atomic mass is 9.89. The molecule has 7 heteroatoms. The van der Waals surface area contributed by atoms with Crippen molar-refractivity contribution in [1.82, 2.24) is 15.3 Å². The largest absolute Gasteiger partial charge is 0.348 e. The molecule has 2 aromatic carbocycles. The number of amides is 1. The predicted molar refractivity (Wildman–Crippen MR) is 123 cm³/mol. The number of Topliss-reactive ketones (excluding diaryl/α,β-unsaturated/α-hetero) is 1. The number of halogens is 2. The number of hydrazine groups is 1. The average molecular weight is 456 g/mol. The fraction of sp³-hybridized carbons (Fsp3) is 0.462. The van der Waals surface area contributed by atoms with Gasteiger partial charge < -0.3 is 5.32 Å². The molecule has 0 spiro atoms. The highest BCUT2D eigenvalue weighted by molar-refractivity contribution is 6.00. The molecule has 0 radical (unpaired) electrons. The van der Waals surface area contributed by atoms with Crippen LogP contribution < -0.4 is 5.32 Å². The van der Waals surface area contributed by atoms with Crippen molar-refractivity contribution < 1.29 is 18.4 Å². The number of carbonyl (C=O) groups excluding carboxylic acids is 2. The van der Waals surface area contributed by atoms with Crippen LogP contribution in [0.1, 0.15) is 58.9 Å². The van der Waals surface area contributed by atoms with Crippen molar-refractivity contribution in [1.29, 1.82) is 0 Å². The van der Waals surface area contributed by atoms with Crippen LogP contribution in [0.3, 0.4) is 0 Å². The Balaban J connectivity index is 1.30. The van der Waals surface area contributed by atoms with Gasteiger partial charge in [-0.15, -0.1) is 0 Å². The van der Waals surface area contributed by atoms with E-state index in [-0.39, 0.29) is 23.8 Å². The number of ketones is 1. The minimum absolute atomic E-state index is 0.00725. The molecule has 5 nitrogen and oxygen atoms in total. The van der Waals surface area contributed by atoms with Crippen molar-refractivity contribution >= 4 is 11.7 Å². The summed E-state index contributed by atoms with van der Waals surface area (Å²) in [5, 5.41) is 7.40. The zero-order valence-electron chi connectivity index (χ0n) is 19.0. The molecule has 0 aliphatic carbocycles. The van der Waals surface area contributed by atoms with E-state index in [2.05, 4.69) is 22.3 Å². The van der Waals surface area contributed by atoms with Crippen molar-refractivity contribution in [2.75, 3.05) is 26.2 Å². The van der Waals surface area contributed by atoms with Crippen LogP contribution in [0.5, 0.6) is 0 Å². The minimum Gasteiger partial charge on any atom is -0.348 e. The summed E-state index contributed by atoms with van der Waals surface area (Å²) in [7, 11) is 0. The molecule has 2 aliphatic rings. The molecule has 1 amide bonds. The molecular weight excluding hydrogens is 424 g/mol. The maximum Gasteiger partial charge on any atom is 0.251 e. The lowest BCUT2D eigenvalue weighted by Crippen LogP contribution is -2.51. The Labute approximate surface area is 193 Å². The van der Waals surface area contributed by atoms with Gasteiger partial charge in [-0.05, 0) is 55.9 Å². The van der Waals surface area contributed by atoms with Crippen molar-refractivity contribution in [2.45, 2.75) is 39.2 Å². The van der Waals surface area contributed by atoms with Gasteiger partial charge >= 0.3 is 0 Å². The van der Waals surface area contributed by atoms with Crippen LogP contribution in [-0.4, -0.2) is 47.9 Å². The van der Waals surface area contributed by atoms with Crippen LogP contribution in [0.15, 0.2) is 42.5 Å². The molecule has 0 bridgehead atoms. The summed E-state index contributed by atoms with van der Waals surface area (Å²) < 4.78 is 27.5. The van der Waals surface area contributed by atoms with E-state index in [1.54, 1.807) is 24.3 Å². The molecule has 0 aromatic heterocycles. The Morgan fingerprint density at radius 3 is 2.18 bits per heavy atom. The number of carbonyl (C=O) groups is 2. The van der Waals surface area contributed by atoms with E-state index in [4.69, 9.17) is 0 Å². The first-order valence-corrected chi connectivity index (χ1v) is 11.8. The molecule has 0 saturated carbocycles. The summed E-state index contributed by atoms with van der Waals surface area (Å²) in [5.74, 6) is -1.01. The number of nitrogens with zero attached hydrogens (tertiary/aromatic N) is 2. The molecule has 2 aromatic rings. The van der Waals surface area contributed by atoms with Crippen LogP contribution in [0.25, 0.3) is 0 Å². The van der Waals surface area contributed by atoms with E-state index in [1.165, 1.54) is 18.9 Å². The molecule has 176 valence electrons. The van der Waals surface area contributed by atoms with Crippen LogP contribution in [-0.2, 0) is 6.54 Å². The van der Waals surface area contributed by atoms with Gasteiger partial charge in [-0.1, -0.05) is 25.1 Å². The van der Waals surface area contributed by atoms with E-state index < -0.39 is 17.5 Å². The van der Waals surface area contributed by atoms with Gasteiger partial charge in [0.1, 0.15) is 11.6 Å². The average Bonchev–Trinajstić information content (AvgIpc) is 2.83. The molecular formula is C26H31F2N3O2. The van der Waals surface area contributed by atoms with Crippen LogP contribution in [0.2, 0.25) is 0 Å². The molecule has 1 atom stereocenters. The van der Waals surface area contributed by atoms with Gasteiger partial charge in [0.15, 0.2) is 5.78 Å². The summed E-state index contributed by atoms with van der Waals surface area (Å²) >= 11 is 0. The van der Waals surface area contributed by atoms with E-state index >= 15 is 0 Å². The van der Waals surface area contributed by atoms with E-state index in [0.29, 0.717) is 11.1 Å². The summed E-state index contributed by atoms with van der Waals surface area (Å²) in [6.07, 6.45) is 4.19. The second-order valence-electron chi connectivity index (χ2n) is 9.21. The van der Waals surface area contributed by atoms with Gasteiger partial charge in [0.25, 0.3) is 5.91 Å². The van der Waals surface area contributed by atoms with E-state index in [0.717, 1.165) is 57.1 Å². The first-order chi connectivity index (χ1) is 15.9. The van der Waals surface area contributed by atoms with E-state index in [9.17, 15) is 18.4 Å². The maximum absolute atomic E-state index is 13.7. The van der Waals surface area contributed by atoms with Gasteiger partial charge in [0, 0.05) is 55.3 Å². The van der Waals surface area contributed by atoms with Crippen molar-refractivity contribution in [3.8, 4) is 0 Å². The number of nitrogens with one attached hydrogen (secondary N) is 1. The molecule has 2 saturated heterocycles. The Hall–Kier alpha value is -2.64. The molecule has 2 heterocycles. The fourth-order valence-electron chi connectivity index (χ4n) is 4.83. The second-order valence-corrected chi connectivity index (χ2v) is 9.21. The second kappa shape index (κ2) is 10.5. The van der Waals surface area contributed by atoms with Crippen LogP contribution in [0.4, 0.5) is 8.78 Å². The Morgan fingerprint density at radius 1 is 0.909 bits per heavy atom. The third kappa shape index (κ3) is 5.65. The minimum atomic E-state index is -0.697. The number of rotatable bonds is 6. The zero-order chi connectivity index (χ0) is 23.4. The smallest absolute Gasteiger partial charge is 0.251 e. The molecule has 2 fully saturated rings. The number of hydrogen-bond acceptors (Lipinski definition) is 4. The van der Waals surface area contributed by atoms with Gasteiger partial charge in [0.2, 0.25) is 0 Å². The summed E-state index contributed by atoms with van der Waals surface area (Å²) in [6, 6.07) is 10.1. The first kappa shape index (κ1) is 23.5. The zero-order valence-corrected chi connectivity index (χ0v) is 19.0. The quantitative estimate of drug-likeness (QED) is 0.655. The van der Waals surface area contributed by atoms with Crippen LogP contribution in [0, 0.1) is 23.5 Å². The molecule has 2 aliphatic heterocycles. The van der Waals surface area contributed by atoms with Crippen LogP contribution >= 0.6 is 0 Å². The standard InChI is InChI=1S/C26H31F2N3O2/c1-18-4-3-13-31(17-18)30-14-11-20(12-15-30)25(32)19-7-9-21(10-8-19)26(33)29-16-22-23(27)5-2-6-24(22)28/h2,5-10,18,20H,3-4,11-17H2,1H3,(H,29,33)/t18-/m1/s1. The topological polar surface area (TPSA) is 52.7 Å². The molecule has 33 heavy (non-hydrogen) atoms. The lowest BCUT2D eigenvalue weighted by molar-refractivity contribution is -0.0699. The summed E-state index contributed by atoms with van der Waals surface area (Å²) in [4.78, 5) is 25.4. The number of piperidine rings is 2. The summed E-state index contributed by atoms with van der Waals surface area (Å²) in [6.45, 7) is 6.06. The van der Waals surface area contributed by atoms with Gasteiger partial charge in [0.05, 0.1) is 0 Å². The third-order valence-electron chi connectivity index (χ3n) is 6.80. The highest BCUT2D eigenvalue weighted by Gasteiger charge is 2.30. The Morgan fingerprint density at radius 2 is 1.55 bits per heavy atom. The predicted octanol–water partition coefficient (Wildman–Crippen LogP) is 4.44. The molecule has 0 unspecified atom stereocenters. The van der Waals surface area contributed by atoms with Crippen molar-refractivity contribution in [2.24, 2.45) is 11.8 Å². The number of hydrogen-bond donors (Lipinski definition) is 1. The Kier molecular flexibility index (Phi) is 7.50. The molecule has 4 rings (SSSR count). The normalized spacial score (nSPS) is 20.5. The fourth-order valence-corrected chi connectivity index (χ4v) is 4.83. The highest BCUT2D eigenvalue weighted by atomic mass is 19.1. The Bertz CT molecular complexity index is 967. The SMILES string of the molecule is C[C@@H]1CCCN(N2CCC(C(=O)c3ccc(C(=O)NCc4c(F)cccc4F)cc3)CC2)C1. The molecule has 1 N–H and O–H groups in total. The maximum atomic E-state index is 13.7. The van der Waals surface area contributed by atoms with E-state index in [1.807, 2.05) is 0 Å². The van der Waals surface area contributed by atoms with Crippen molar-refractivity contribution in [3.63, 3.8) is 0 Å². The lowest BCUT2D eigenvalue weighted by Gasteiger charge is -2.43. The third-order valence-corrected chi connectivity index (χ3v) is 6.80. The highest BCUT2D eigenvalue weighted by Crippen LogP contribution is 2.25. The van der Waals surface area contributed by atoms with Gasteiger partial charge in [-0.2, -0.15) is 0 Å². The summed E-state index contributed by atoms with van der Waals surface area (Å²) in [5.41, 5.74) is 0.761. The first-order valence-electron chi connectivity index (χ1n) is 11.8. The van der Waals surface area contributed by atoms with Gasteiger partial charge in [-0.3, -0.25) is 9.59 Å². The number of benzene rings is 2. The monoisotopic (exact) mass is 455 g/mol. The van der Waals surface area contributed by atoms with Crippen molar-refractivity contribution in [3.05, 3.63) is 70.8 Å². The van der Waals surface area contributed by atoms with Gasteiger partial charge in [-0.25, -0.2) is 18.8 Å².